The Bertz CT molecular complexity index is 3110. The number of hydrogen-bond donors (Lipinski definition) is 0. The Morgan fingerprint density at radius 1 is 0.440 bits per heavy atom. The van der Waals surface area contributed by atoms with Gasteiger partial charge in [-0.05, 0) is 83.6 Å². The summed E-state index contributed by atoms with van der Waals surface area (Å²) in [5.74, 6) is 0. The van der Waals surface area contributed by atoms with E-state index in [4.69, 9.17) is 4.42 Å². The van der Waals surface area contributed by atoms with Crippen molar-refractivity contribution in [3.63, 3.8) is 0 Å². The molecule has 0 radical (unpaired) electrons. The lowest BCUT2D eigenvalue weighted by molar-refractivity contribution is 0.669. The molecule has 0 N–H and O–H groups in total. The molecule has 4 heteroatoms. The molecular formula is C46H28N2OS. The highest BCUT2D eigenvalue weighted by Crippen LogP contribution is 2.47. The highest BCUT2D eigenvalue weighted by Gasteiger charge is 2.22. The average molecular weight is 657 g/mol. The van der Waals surface area contributed by atoms with Crippen LogP contribution in [0.25, 0.3) is 80.4 Å². The maximum Gasteiger partial charge on any atom is 0.137 e. The van der Waals surface area contributed by atoms with Gasteiger partial charge in [0.1, 0.15) is 11.2 Å². The van der Waals surface area contributed by atoms with E-state index < -0.39 is 0 Å². The van der Waals surface area contributed by atoms with Crippen molar-refractivity contribution in [3.05, 3.63) is 170 Å². The van der Waals surface area contributed by atoms with E-state index in [-0.39, 0.29) is 0 Å². The van der Waals surface area contributed by atoms with Crippen molar-refractivity contribution in [3.8, 4) is 5.69 Å². The second kappa shape index (κ2) is 10.6. The lowest BCUT2D eigenvalue weighted by atomic mass is 10.0. The van der Waals surface area contributed by atoms with Crippen molar-refractivity contribution in [2.75, 3.05) is 4.90 Å². The van der Waals surface area contributed by atoms with E-state index in [0.29, 0.717) is 0 Å². The normalized spacial score (nSPS) is 12.0. The summed E-state index contributed by atoms with van der Waals surface area (Å²) in [7, 11) is 0. The molecule has 3 aromatic heterocycles. The number of anilines is 3. The van der Waals surface area contributed by atoms with E-state index in [9.17, 15) is 0 Å². The van der Waals surface area contributed by atoms with Gasteiger partial charge in [0, 0.05) is 64.8 Å². The molecule has 11 aromatic rings. The number of furan rings is 1. The third-order valence-corrected chi connectivity index (χ3v) is 11.3. The molecule has 0 atom stereocenters. The zero-order valence-electron chi connectivity index (χ0n) is 26.9. The third-order valence-electron chi connectivity index (χ3n) is 10.2. The maximum absolute atomic E-state index is 6.62. The van der Waals surface area contributed by atoms with Crippen LogP contribution in [0.5, 0.6) is 0 Å². The first-order chi connectivity index (χ1) is 24.8. The van der Waals surface area contributed by atoms with Crippen molar-refractivity contribution in [1.29, 1.82) is 0 Å². The van der Waals surface area contributed by atoms with Gasteiger partial charge in [0.2, 0.25) is 0 Å². The number of hydrogen-bond acceptors (Lipinski definition) is 3. The van der Waals surface area contributed by atoms with Gasteiger partial charge in [0.05, 0.1) is 16.7 Å². The summed E-state index contributed by atoms with van der Waals surface area (Å²) in [6.45, 7) is 0. The zero-order chi connectivity index (χ0) is 32.8. The minimum atomic E-state index is 0.878. The Kier molecular flexibility index (Phi) is 5.83. The van der Waals surface area contributed by atoms with Crippen LogP contribution < -0.4 is 4.90 Å². The molecule has 0 fully saturated rings. The molecule has 0 saturated carbocycles. The summed E-state index contributed by atoms with van der Waals surface area (Å²) >= 11 is 1.85. The monoisotopic (exact) mass is 656 g/mol. The van der Waals surface area contributed by atoms with E-state index in [1.807, 2.05) is 11.3 Å². The van der Waals surface area contributed by atoms with Crippen LogP contribution in [0.4, 0.5) is 17.1 Å². The molecule has 0 amide bonds. The maximum atomic E-state index is 6.62. The lowest BCUT2D eigenvalue weighted by Gasteiger charge is -2.26. The van der Waals surface area contributed by atoms with Crippen molar-refractivity contribution in [1.82, 2.24) is 4.57 Å². The largest absolute Gasteiger partial charge is 0.456 e. The standard InChI is InChI=1S/C46H28N2OS/c1-2-12-30(13-3-1)48-38-17-8-6-15-34(38)37-27-31(23-25-39(37)48)47(40-18-10-20-44-46(40)36-16-7-9-19-43(36)50-44)32-22-24-35-42(28-32)49-41-26-21-29-11-4-5-14-33(29)45(35)41/h1-28H. The molecule has 3 nitrogen and oxygen atoms in total. The first-order valence-electron chi connectivity index (χ1n) is 16.9. The van der Waals surface area contributed by atoms with E-state index in [2.05, 4.69) is 179 Å². The molecule has 3 heterocycles. The van der Waals surface area contributed by atoms with Gasteiger partial charge in [0.15, 0.2) is 0 Å². The summed E-state index contributed by atoms with van der Waals surface area (Å²) in [4.78, 5) is 2.42. The van der Waals surface area contributed by atoms with Crippen LogP contribution in [0.3, 0.4) is 0 Å². The predicted octanol–water partition coefficient (Wildman–Crippen LogP) is 13.7. The molecule has 11 rings (SSSR count). The van der Waals surface area contributed by atoms with Crippen molar-refractivity contribution >= 4 is 103 Å². The van der Waals surface area contributed by atoms with Crippen LogP contribution in [0.15, 0.2) is 174 Å². The first-order valence-corrected chi connectivity index (χ1v) is 17.7. The van der Waals surface area contributed by atoms with E-state index in [0.717, 1.165) is 44.7 Å². The Hall–Kier alpha value is -6.36. The molecule has 0 saturated heterocycles. The minimum Gasteiger partial charge on any atom is -0.456 e. The molecule has 234 valence electrons. The topological polar surface area (TPSA) is 21.3 Å². The number of nitrogens with zero attached hydrogens (tertiary/aromatic N) is 2. The van der Waals surface area contributed by atoms with Crippen LogP contribution in [0.1, 0.15) is 0 Å². The van der Waals surface area contributed by atoms with E-state index >= 15 is 0 Å². The quantitative estimate of drug-likeness (QED) is 0.188. The second-order valence-electron chi connectivity index (χ2n) is 12.9. The summed E-state index contributed by atoms with van der Waals surface area (Å²) < 4.78 is 11.5. The molecule has 0 aliphatic rings. The summed E-state index contributed by atoms with van der Waals surface area (Å²) in [6.07, 6.45) is 0. The van der Waals surface area contributed by atoms with E-state index in [1.54, 1.807) is 0 Å². The highest BCUT2D eigenvalue weighted by atomic mass is 32.1. The van der Waals surface area contributed by atoms with E-state index in [1.165, 1.54) is 52.8 Å². The summed E-state index contributed by atoms with van der Waals surface area (Å²) in [6, 6.07) is 61.2. The second-order valence-corrected chi connectivity index (χ2v) is 14.0. The van der Waals surface area contributed by atoms with Crippen molar-refractivity contribution in [2.24, 2.45) is 0 Å². The predicted molar refractivity (Wildman–Crippen MR) is 213 cm³/mol. The lowest BCUT2D eigenvalue weighted by Crippen LogP contribution is -2.10. The van der Waals surface area contributed by atoms with Crippen molar-refractivity contribution < 1.29 is 4.42 Å². The van der Waals surface area contributed by atoms with Crippen LogP contribution in [0, 0.1) is 0 Å². The third kappa shape index (κ3) is 3.97. The number of para-hydroxylation sites is 2. The summed E-state index contributed by atoms with van der Waals surface area (Å²) in [5.41, 5.74) is 8.60. The van der Waals surface area contributed by atoms with Gasteiger partial charge in [-0.1, -0.05) is 91.0 Å². The van der Waals surface area contributed by atoms with Gasteiger partial charge < -0.3 is 13.9 Å². The molecule has 8 aromatic carbocycles. The van der Waals surface area contributed by atoms with Crippen LogP contribution in [0.2, 0.25) is 0 Å². The van der Waals surface area contributed by atoms with Gasteiger partial charge in [-0.2, -0.15) is 0 Å². The number of thiophene rings is 1. The van der Waals surface area contributed by atoms with Gasteiger partial charge >= 0.3 is 0 Å². The molecule has 0 spiro atoms. The molecule has 50 heavy (non-hydrogen) atoms. The fraction of sp³-hybridized carbons (Fsp3) is 0. The number of aromatic nitrogens is 1. The smallest absolute Gasteiger partial charge is 0.137 e. The summed E-state index contributed by atoms with van der Waals surface area (Å²) in [5, 5.41) is 9.69. The first kappa shape index (κ1) is 27.6. The van der Waals surface area contributed by atoms with Crippen LogP contribution >= 0.6 is 11.3 Å². The molecule has 0 bridgehead atoms. The molecule has 0 aliphatic carbocycles. The fourth-order valence-electron chi connectivity index (χ4n) is 8.00. The molecule has 0 aliphatic heterocycles. The number of rotatable bonds is 4. The average Bonchev–Trinajstić information content (AvgIpc) is 3.85. The molecule has 0 unspecified atom stereocenters. The van der Waals surface area contributed by atoms with Gasteiger partial charge in [-0.3, -0.25) is 0 Å². The Morgan fingerprint density at radius 2 is 1.16 bits per heavy atom. The SMILES string of the molecule is c1ccc(-n2c3ccccc3c3cc(N(c4ccc5c(c4)oc4ccc6ccccc6c45)c4cccc5sc6ccccc6c45)ccc32)cc1. The van der Waals surface area contributed by atoms with Crippen LogP contribution in [-0.2, 0) is 0 Å². The number of benzene rings is 8. The Labute approximate surface area is 291 Å². The van der Waals surface area contributed by atoms with Crippen LogP contribution in [-0.4, -0.2) is 4.57 Å². The number of fused-ring (bicyclic) bond motifs is 11. The zero-order valence-corrected chi connectivity index (χ0v) is 27.7. The minimum absolute atomic E-state index is 0.878. The highest BCUT2D eigenvalue weighted by molar-refractivity contribution is 7.26. The van der Waals surface area contributed by atoms with Gasteiger partial charge in [-0.25, -0.2) is 0 Å². The molecular weight excluding hydrogens is 629 g/mol. The fourth-order valence-corrected chi connectivity index (χ4v) is 9.13. The van der Waals surface area contributed by atoms with Gasteiger partial charge in [-0.15, -0.1) is 11.3 Å². The Balaban J connectivity index is 1.20. The Morgan fingerprint density at radius 3 is 2.08 bits per heavy atom. The van der Waals surface area contributed by atoms with Crippen molar-refractivity contribution in [2.45, 2.75) is 0 Å². The van der Waals surface area contributed by atoms with Gasteiger partial charge in [0.25, 0.3) is 0 Å².